The lowest BCUT2D eigenvalue weighted by Crippen LogP contribution is -2.11. The number of nitrogens with one attached hydrogen (secondary N) is 2. The Labute approximate surface area is 170 Å². The second-order valence-electron chi connectivity index (χ2n) is 6.22. The molecule has 2 aromatic heterocycles. The summed E-state index contributed by atoms with van der Waals surface area (Å²) in [5.74, 6) is 1.02. The van der Waals surface area contributed by atoms with Gasteiger partial charge in [0.25, 0.3) is 5.56 Å². The molecule has 0 aliphatic rings. The number of hydrogen-bond acceptors (Lipinski definition) is 6. The lowest BCUT2D eigenvalue weighted by Gasteiger charge is -2.05. The van der Waals surface area contributed by atoms with Crippen molar-refractivity contribution in [3.05, 3.63) is 87.7 Å². The van der Waals surface area contributed by atoms with Crippen LogP contribution in [-0.2, 0) is 5.75 Å². The van der Waals surface area contributed by atoms with Gasteiger partial charge in [0.05, 0.1) is 11.4 Å². The first-order chi connectivity index (χ1) is 13.7. The Morgan fingerprint density at radius 1 is 1.07 bits per heavy atom. The normalized spacial score (nSPS) is 10.8. The van der Waals surface area contributed by atoms with Gasteiger partial charge in [0.15, 0.2) is 5.13 Å². The molecule has 28 heavy (non-hydrogen) atoms. The summed E-state index contributed by atoms with van der Waals surface area (Å²) in [4.78, 5) is 25.0. The second-order valence-corrected chi connectivity index (χ2v) is 8.12. The average molecular weight is 407 g/mol. The van der Waals surface area contributed by atoms with E-state index in [-0.39, 0.29) is 5.56 Å². The first kappa shape index (κ1) is 18.5. The molecule has 0 unspecified atom stereocenters. The zero-order valence-electron chi connectivity index (χ0n) is 15.2. The summed E-state index contributed by atoms with van der Waals surface area (Å²) < 4.78 is 0. The molecule has 0 aliphatic heterocycles. The van der Waals surface area contributed by atoms with Crippen LogP contribution in [0.1, 0.15) is 11.3 Å². The Morgan fingerprint density at radius 2 is 1.86 bits per heavy atom. The third-order valence-corrected chi connectivity index (χ3v) is 5.80. The first-order valence-electron chi connectivity index (χ1n) is 8.73. The second kappa shape index (κ2) is 8.41. The highest BCUT2D eigenvalue weighted by Gasteiger charge is 2.07. The minimum Gasteiger partial charge on any atom is -0.302 e. The number of aromatic nitrogens is 3. The molecule has 0 radical (unpaired) electrons. The molecule has 0 bridgehead atoms. The topological polar surface area (TPSA) is 70.7 Å². The molecule has 4 rings (SSSR count). The molecule has 0 spiro atoms. The predicted molar refractivity (Wildman–Crippen MR) is 116 cm³/mol. The van der Waals surface area contributed by atoms with E-state index in [0.29, 0.717) is 16.8 Å². The lowest BCUT2D eigenvalue weighted by atomic mass is 10.2. The van der Waals surface area contributed by atoms with Crippen molar-refractivity contribution in [3.8, 4) is 11.3 Å². The van der Waals surface area contributed by atoms with Gasteiger partial charge < -0.3 is 5.32 Å². The summed E-state index contributed by atoms with van der Waals surface area (Å²) in [5, 5.41) is 5.78. The van der Waals surface area contributed by atoms with E-state index in [0.717, 1.165) is 21.8 Å². The fourth-order valence-corrected chi connectivity index (χ4v) is 4.12. The fraction of sp³-hybridized carbons (Fsp3) is 0.0952. The quantitative estimate of drug-likeness (QED) is 0.429. The number of hydrogen-bond donors (Lipinski definition) is 2. The van der Waals surface area contributed by atoms with Crippen molar-refractivity contribution in [1.29, 1.82) is 0 Å². The summed E-state index contributed by atoms with van der Waals surface area (Å²) in [5.41, 5.74) is 3.70. The van der Waals surface area contributed by atoms with E-state index in [1.165, 1.54) is 23.0 Å². The Balaban J connectivity index is 1.47. The van der Waals surface area contributed by atoms with Crippen molar-refractivity contribution in [2.45, 2.75) is 17.6 Å². The van der Waals surface area contributed by atoms with E-state index in [1.54, 1.807) is 11.8 Å². The van der Waals surface area contributed by atoms with E-state index in [1.807, 2.05) is 35.7 Å². The molecular formula is C21H18N4OS2. The van der Waals surface area contributed by atoms with Gasteiger partial charge in [0, 0.05) is 27.7 Å². The first-order valence-corrected chi connectivity index (χ1v) is 10.6. The van der Waals surface area contributed by atoms with Gasteiger partial charge in [0.1, 0.15) is 0 Å². The van der Waals surface area contributed by atoms with Gasteiger partial charge in [-0.3, -0.25) is 9.78 Å². The Morgan fingerprint density at radius 3 is 2.64 bits per heavy atom. The molecule has 2 heterocycles. The maximum atomic E-state index is 12.0. The Hall–Kier alpha value is -2.90. The number of rotatable bonds is 6. The third kappa shape index (κ3) is 4.68. The third-order valence-electron chi connectivity index (χ3n) is 4.00. The Bertz CT molecular complexity index is 1120. The van der Waals surface area contributed by atoms with Gasteiger partial charge in [0.2, 0.25) is 5.95 Å². The highest BCUT2D eigenvalue weighted by atomic mass is 32.2. The summed E-state index contributed by atoms with van der Waals surface area (Å²) in [6, 6.07) is 19.8. The number of anilines is 2. The zero-order chi connectivity index (χ0) is 19.3. The number of H-pyrrole nitrogens is 1. The van der Waals surface area contributed by atoms with Crippen LogP contribution in [0.3, 0.4) is 0 Å². The summed E-state index contributed by atoms with van der Waals surface area (Å²) in [6.45, 7) is 2.06. The molecule has 0 atom stereocenters. The summed E-state index contributed by atoms with van der Waals surface area (Å²) in [7, 11) is 0. The molecule has 0 aliphatic carbocycles. The molecule has 0 fully saturated rings. The summed E-state index contributed by atoms with van der Waals surface area (Å²) >= 11 is 3.12. The Kier molecular flexibility index (Phi) is 5.55. The molecular weight excluding hydrogens is 388 g/mol. The summed E-state index contributed by atoms with van der Waals surface area (Å²) in [6.07, 6.45) is 0. The van der Waals surface area contributed by atoms with E-state index >= 15 is 0 Å². The van der Waals surface area contributed by atoms with Crippen LogP contribution in [0.25, 0.3) is 11.3 Å². The van der Waals surface area contributed by atoms with Gasteiger partial charge in [-0.15, -0.1) is 23.1 Å². The van der Waals surface area contributed by atoms with Gasteiger partial charge in [-0.25, -0.2) is 9.97 Å². The van der Waals surface area contributed by atoms with Gasteiger partial charge in [-0.1, -0.05) is 48.0 Å². The maximum absolute atomic E-state index is 12.0. The molecule has 0 saturated heterocycles. The number of aromatic amines is 1. The van der Waals surface area contributed by atoms with Crippen molar-refractivity contribution in [1.82, 2.24) is 15.0 Å². The van der Waals surface area contributed by atoms with Crippen LogP contribution >= 0.6 is 23.1 Å². The zero-order valence-corrected chi connectivity index (χ0v) is 16.8. The van der Waals surface area contributed by atoms with Crippen LogP contribution in [0, 0.1) is 6.92 Å². The largest absolute Gasteiger partial charge is 0.302 e. The van der Waals surface area contributed by atoms with Crippen LogP contribution in [-0.4, -0.2) is 15.0 Å². The highest BCUT2D eigenvalue weighted by Crippen LogP contribution is 2.26. The fourth-order valence-electron chi connectivity index (χ4n) is 2.61. The van der Waals surface area contributed by atoms with Crippen molar-refractivity contribution in [2.75, 3.05) is 5.32 Å². The minimum atomic E-state index is -0.183. The number of aryl methyl sites for hydroxylation is 1. The molecule has 2 N–H and O–H groups in total. The van der Waals surface area contributed by atoms with Gasteiger partial charge in [-0.05, 0) is 19.1 Å². The van der Waals surface area contributed by atoms with Crippen LogP contribution in [0.2, 0.25) is 0 Å². The van der Waals surface area contributed by atoms with E-state index in [9.17, 15) is 4.79 Å². The average Bonchev–Trinajstić information content (AvgIpc) is 3.16. The van der Waals surface area contributed by atoms with Crippen molar-refractivity contribution >= 4 is 34.2 Å². The number of thiazole rings is 1. The standard InChI is InChI=1S/C21H18N4OS2/c1-14-7-9-17(10-8-14)27-12-16-11-19(26)24-20(22-16)25-21-23-18(13-28-21)15-5-3-2-4-6-15/h2-11,13H,12H2,1H3,(H2,22,23,24,25,26). The number of thioether (sulfide) groups is 1. The number of benzene rings is 2. The predicted octanol–water partition coefficient (Wildman–Crippen LogP) is 5.24. The van der Waals surface area contributed by atoms with Crippen LogP contribution in [0.4, 0.5) is 11.1 Å². The van der Waals surface area contributed by atoms with Gasteiger partial charge in [-0.2, -0.15) is 0 Å². The smallest absolute Gasteiger partial charge is 0.252 e. The number of nitrogens with zero attached hydrogens (tertiary/aromatic N) is 2. The molecule has 5 nitrogen and oxygen atoms in total. The van der Waals surface area contributed by atoms with Crippen LogP contribution < -0.4 is 10.9 Å². The molecule has 140 valence electrons. The van der Waals surface area contributed by atoms with E-state index in [2.05, 4.69) is 51.5 Å². The lowest BCUT2D eigenvalue weighted by molar-refractivity contribution is 1.06. The SMILES string of the molecule is Cc1ccc(SCc2cc(=O)[nH]c(Nc3nc(-c4ccccc4)cs3)n2)cc1. The molecule has 0 amide bonds. The molecule has 7 heteroatoms. The monoisotopic (exact) mass is 406 g/mol. The molecule has 0 saturated carbocycles. The van der Waals surface area contributed by atoms with E-state index in [4.69, 9.17) is 0 Å². The minimum absolute atomic E-state index is 0.183. The van der Waals surface area contributed by atoms with Crippen LogP contribution in [0.15, 0.2) is 75.7 Å². The van der Waals surface area contributed by atoms with Crippen molar-refractivity contribution < 1.29 is 0 Å². The van der Waals surface area contributed by atoms with E-state index < -0.39 is 0 Å². The highest BCUT2D eigenvalue weighted by molar-refractivity contribution is 7.98. The van der Waals surface area contributed by atoms with Crippen molar-refractivity contribution in [2.24, 2.45) is 0 Å². The van der Waals surface area contributed by atoms with Crippen LogP contribution in [0.5, 0.6) is 0 Å². The molecule has 4 aromatic rings. The van der Waals surface area contributed by atoms with Crippen molar-refractivity contribution in [3.63, 3.8) is 0 Å². The molecule has 2 aromatic carbocycles. The maximum Gasteiger partial charge on any atom is 0.252 e. The van der Waals surface area contributed by atoms with Gasteiger partial charge >= 0.3 is 0 Å².